The molecule has 2 saturated heterocycles. The molecular weight excluding hydrogens is 717 g/mol. The minimum Gasteiger partial charge on any atom is -0.508 e. The molecule has 6 atom stereocenters. The highest BCUT2D eigenvalue weighted by molar-refractivity contribution is 6.04. The Morgan fingerprint density at radius 1 is 0.946 bits per heavy atom. The number of hydrogen-bond acceptors (Lipinski definition) is 11. The van der Waals surface area contributed by atoms with Crippen LogP contribution in [0.5, 0.6) is 5.75 Å². The maximum absolute atomic E-state index is 12.9. The number of phenols is 1. The number of imidazole rings is 1. The molecule has 5 aromatic rings. The maximum Gasteiger partial charge on any atom is 0.325 e. The number of anilines is 2. The Bertz CT molecular complexity index is 2180. The second-order valence-corrected chi connectivity index (χ2v) is 14.6. The van der Waals surface area contributed by atoms with Gasteiger partial charge in [-0.15, -0.1) is 0 Å². The summed E-state index contributed by atoms with van der Waals surface area (Å²) in [5.41, 5.74) is 3.84. The number of aromatic nitrogens is 4. The molecule has 6 unspecified atom stereocenters. The van der Waals surface area contributed by atoms with E-state index in [2.05, 4.69) is 45.5 Å². The lowest BCUT2D eigenvalue weighted by Gasteiger charge is -2.24. The first-order chi connectivity index (χ1) is 27.1. The van der Waals surface area contributed by atoms with Gasteiger partial charge in [0.25, 0.3) is 5.91 Å². The van der Waals surface area contributed by atoms with E-state index in [-0.39, 0.29) is 36.7 Å². The number of benzene rings is 3. The van der Waals surface area contributed by atoms with Gasteiger partial charge in [0.15, 0.2) is 17.0 Å². The molecule has 0 bridgehead atoms. The van der Waals surface area contributed by atoms with Crippen molar-refractivity contribution in [3.8, 4) is 5.75 Å². The molecule has 8 rings (SSSR count). The molecule has 2 aliphatic heterocycles. The molecule has 0 radical (unpaired) electrons. The van der Waals surface area contributed by atoms with E-state index in [9.17, 15) is 29.7 Å². The molecule has 4 heterocycles. The zero-order valence-corrected chi connectivity index (χ0v) is 30.7. The van der Waals surface area contributed by atoms with Crippen LogP contribution < -0.4 is 26.2 Å². The lowest BCUT2D eigenvalue weighted by Crippen LogP contribution is -2.47. The fourth-order valence-corrected chi connectivity index (χ4v) is 8.01. The molecule has 3 aliphatic rings. The lowest BCUT2D eigenvalue weighted by molar-refractivity contribution is -0.130. The predicted molar refractivity (Wildman–Crippen MR) is 207 cm³/mol. The van der Waals surface area contributed by atoms with Gasteiger partial charge in [0.2, 0.25) is 5.95 Å². The maximum atomic E-state index is 12.9. The van der Waals surface area contributed by atoms with Gasteiger partial charge in [-0.3, -0.25) is 9.69 Å². The Hall–Kier alpha value is -6.26. The number of aromatic hydroxyl groups is 1. The molecule has 1 saturated carbocycles. The van der Waals surface area contributed by atoms with Gasteiger partial charge in [-0.25, -0.2) is 14.6 Å². The molecule has 7 N–H and O–H groups in total. The molecule has 2 aromatic heterocycles. The number of hydrogen-bond donors (Lipinski definition) is 7. The van der Waals surface area contributed by atoms with E-state index in [4.69, 9.17) is 15.0 Å². The number of carbonyl (C=O) groups is 3. The zero-order valence-electron chi connectivity index (χ0n) is 30.7. The summed E-state index contributed by atoms with van der Waals surface area (Å²) in [6, 6.07) is 23.4. The van der Waals surface area contributed by atoms with Crippen LogP contribution in [0.1, 0.15) is 48.4 Å². The minimum absolute atomic E-state index is 0.0363. The highest BCUT2D eigenvalue weighted by atomic mass is 16.3. The number of imide groups is 1. The van der Waals surface area contributed by atoms with Gasteiger partial charge in [-0.1, -0.05) is 72.8 Å². The summed E-state index contributed by atoms with van der Waals surface area (Å²) in [4.78, 5) is 56.1. The first-order valence-electron chi connectivity index (χ1n) is 18.8. The molecule has 1 aliphatic carbocycles. The monoisotopic (exact) mass is 760 g/mol. The van der Waals surface area contributed by atoms with E-state index in [1.165, 1.54) is 0 Å². The van der Waals surface area contributed by atoms with Crippen LogP contribution in [-0.2, 0) is 11.3 Å². The molecule has 0 spiro atoms. The summed E-state index contributed by atoms with van der Waals surface area (Å²) in [6.45, 7) is 3.26. The summed E-state index contributed by atoms with van der Waals surface area (Å²) < 4.78 is 1.69. The number of amides is 5. The summed E-state index contributed by atoms with van der Waals surface area (Å²) in [5, 5.41) is 44.3. The first-order valence-corrected chi connectivity index (χ1v) is 18.8. The molecule has 3 aromatic carbocycles. The van der Waals surface area contributed by atoms with Gasteiger partial charge in [-0.05, 0) is 48.6 Å². The minimum atomic E-state index is -1.39. The Morgan fingerprint density at radius 3 is 2.34 bits per heavy atom. The van der Waals surface area contributed by atoms with Gasteiger partial charge in [0.05, 0.1) is 18.4 Å². The van der Waals surface area contributed by atoms with Crippen LogP contribution in [0.25, 0.3) is 11.2 Å². The average molecular weight is 761 g/mol. The number of aliphatic hydroxyl groups is 2. The molecule has 16 heteroatoms. The quantitative estimate of drug-likeness (QED) is 0.0974. The average Bonchev–Trinajstić information content (AvgIpc) is 3.97. The number of carbonyl (C=O) groups excluding carboxylic acids is 3. The summed E-state index contributed by atoms with van der Waals surface area (Å²) in [5.74, 6) is 0.477. The van der Waals surface area contributed by atoms with Gasteiger partial charge >= 0.3 is 12.1 Å². The first kappa shape index (κ1) is 36.7. The Kier molecular flexibility index (Phi) is 10.1. The Morgan fingerprint density at radius 2 is 1.66 bits per heavy atom. The number of nitrogens with zero attached hydrogens (tertiary/aromatic N) is 6. The van der Waals surface area contributed by atoms with Crippen LogP contribution in [0.15, 0.2) is 91.3 Å². The number of aliphatic hydroxyl groups excluding tert-OH is 2. The van der Waals surface area contributed by atoms with Crippen molar-refractivity contribution in [2.75, 3.05) is 29.9 Å². The van der Waals surface area contributed by atoms with Crippen LogP contribution in [0.4, 0.5) is 21.4 Å². The second-order valence-electron chi connectivity index (χ2n) is 14.6. The second kappa shape index (κ2) is 15.5. The third-order valence-electron chi connectivity index (χ3n) is 10.9. The highest BCUT2D eigenvalue weighted by Gasteiger charge is 2.51. The van der Waals surface area contributed by atoms with Crippen molar-refractivity contribution < 1.29 is 29.7 Å². The standard InChI is InChI=1S/C40H44N10O6/c1-23-37(54)50(40(56)44-23)31-18-30(33(52)34(31)53)49-22-43-32-35(41-20-29(25-10-4-2-5-11-25)26-12-6-3-7-13-26)46-38(47-36(32)49)48-16-15-27(21-48)45-39(55)42-19-24-9-8-14-28(51)17-24/h2-14,17,22-23,27,29-31,33-34,51-53H,15-16,18-21H2,1H3,(H,44,56)(H,41,46,47)(H2,42,45,55). The SMILES string of the molecule is CC1NC(=O)N(C2CC(n3cnc4c(NCC(c5ccccc5)c5ccccc5)nc(N5CCC(NC(=O)NCc6cccc(O)c6)C5)nc43)C(O)C2O)C1=O. The smallest absolute Gasteiger partial charge is 0.325 e. The Labute approximate surface area is 322 Å². The van der Waals surface area contributed by atoms with Crippen molar-refractivity contribution in [3.63, 3.8) is 0 Å². The van der Waals surface area contributed by atoms with Crippen molar-refractivity contribution in [1.82, 2.24) is 40.4 Å². The third-order valence-corrected chi connectivity index (χ3v) is 10.9. The number of fused-ring (bicyclic) bond motifs is 1. The molecule has 56 heavy (non-hydrogen) atoms. The van der Waals surface area contributed by atoms with Crippen LogP contribution in [-0.4, -0.2) is 108 Å². The molecule has 5 amide bonds. The summed E-state index contributed by atoms with van der Waals surface area (Å²) in [6.07, 6.45) is -0.463. The van der Waals surface area contributed by atoms with E-state index >= 15 is 0 Å². The van der Waals surface area contributed by atoms with Gasteiger partial charge in [-0.2, -0.15) is 9.97 Å². The number of urea groups is 2. The molecule has 16 nitrogen and oxygen atoms in total. The summed E-state index contributed by atoms with van der Waals surface area (Å²) in [7, 11) is 0. The topological polar surface area (TPSA) is 210 Å². The largest absolute Gasteiger partial charge is 0.508 e. The van der Waals surface area contributed by atoms with E-state index in [1.54, 1.807) is 36.0 Å². The summed E-state index contributed by atoms with van der Waals surface area (Å²) >= 11 is 0. The fourth-order valence-electron chi connectivity index (χ4n) is 8.01. The third kappa shape index (κ3) is 7.27. The normalized spacial score (nSPS) is 23.6. The van der Waals surface area contributed by atoms with Gasteiger partial charge < -0.3 is 46.1 Å². The van der Waals surface area contributed by atoms with Crippen LogP contribution in [0.2, 0.25) is 0 Å². The van der Waals surface area contributed by atoms with E-state index in [0.717, 1.165) is 21.6 Å². The molecule has 3 fully saturated rings. The Balaban J connectivity index is 1.08. The van der Waals surface area contributed by atoms with Crippen molar-refractivity contribution in [2.24, 2.45) is 0 Å². The highest BCUT2D eigenvalue weighted by Crippen LogP contribution is 2.38. The van der Waals surface area contributed by atoms with Crippen molar-refractivity contribution in [2.45, 2.75) is 68.6 Å². The molecular formula is C40H44N10O6. The van der Waals surface area contributed by atoms with E-state index < -0.39 is 42.3 Å². The predicted octanol–water partition coefficient (Wildman–Crippen LogP) is 2.83. The van der Waals surface area contributed by atoms with E-state index in [0.29, 0.717) is 49.0 Å². The van der Waals surface area contributed by atoms with Crippen molar-refractivity contribution in [1.29, 1.82) is 0 Å². The van der Waals surface area contributed by atoms with E-state index in [1.807, 2.05) is 47.4 Å². The fraction of sp³-hybridized carbons (Fsp3) is 0.350. The lowest BCUT2D eigenvalue weighted by atomic mass is 9.91. The van der Waals surface area contributed by atoms with Crippen LogP contribution in [0, 0.1) is 0 Å². The van der Waals surface area contributed by atoms with Crippen LogP contribution in [0.3, 0.4) is 0 Å². The molecule has 290 valence electrons. The van der Waals surface area contributed by atoms with Crippen molar-refractivity contribution >= 4 is 40.9 Å². The number of phenolic OH excluding ortho intramolecular Hbond substituents is 1. The van der Waals surface area contributed by atoms with Crippen LogP contribution >= 0.6 is 0 Å². The van der Waals surface area contributed by atoms with Gasteiger partial charge in [0, 0.05) is 38.1 Å². The van der Waals surface area contributed by atoms with Gasteiger partial charge in [0.1, 0.15) is 24.0 Å². The number of nitrogens with one attached hydrogen (secondary N) is 4. The van der Waals surface area contributed by atoms with Crippen molar-refractivity contribution in [3.05, 3.63) is 108 Å². The number of rotatable bonds is 11. The zero-order chi connectivity index (χ0) is 38.9.